The van der Waals surface area contributed by atoms with Gasteiger partial charge in [-0.05, 0) is 88.1 Å². The van der Waals surface area contributed by atoms with Crippen molar-refractivity contribution in [2.24, 2.45) is 11.8 Å². The fourth-order valence-corrected chi connectivity index (χ4v) is 4.32. The molecule has 1 heterocycles. The van der Waals surface area contributed by atoms with Gasteiger partial charge in [-0.15, -0.1) is 0 Å². The van der Waals surface area contributed by atoms with Crippen LogP contribution in [0.1, 0.15) is 76.1 Å². The number of carbonyl (C=O) groups is 2. The monoisotopic (exact) mass is 715 g/mol. The Bertz CT molecular complexity index is 1770. The highest BCUT2D eigenvalue weighted by Crippen LogP contribution is 2.27. The smallest absolute Gasteiger partial charge is 0.269 e. The first-order valence-electron chi connectivity index (χ1n) is 17.1. The number of carbonyl (C=O) groups excluding carboxylic acids is 2. The number of nitrogens with two attached hydrogens (primary N) is 1. The van der Waals surface area contributed by atoms with Gasteiger partial charge in [0.1, 0.15) is 28.8 Å². The lowest BCUT2D eigenvalue weighted by Crippen LogP contribution is -2.14. The molecule has 3 aromatic carbocycles. The first-order valence-corrected chi connectivity index (χ1v) is 17.1. The van der Waals surface area contributed by atoms with E-state index in [2.05, 4.69) is 29.5 Å². The van der Waals surface area contributed by atoms with Crippen LogP contribution >= 0.6 is 0 Å². The summed E-state index contributed by atoms with van der Waals surface area (Å²) in [4.78, 5) is 39.4. The number of ether oxygens (including phenoxy) is 4. The average Bonchev–Trinajstić information content (AvgIpc) is 3.07. The van der Waals surface area contributed by atoms with Crippen LogP contribution in [0, 0.1) is 22.0 Å². The van der Waals surface area contributed by atoms with E-state index in [4.69, 9.17) is 24.7 Å². The maximum absolute atomic E-state index is 12.6. The number of aromatic nitrogens is 1. The number of benzene rings is 3. The molecule has 0 aliphatic carbocycles. The van der Waals surface area contributed by atoms with Gasteiger partial charge in [0.25, 0.3) is 17.5 Å². The van der Waals surface area contributed by atoms with Gasteiger partial charge >= 0.3 is 0 Å². The second-order valence-electron chi connectivity index (χ2n) is 13.3. The van der Waals surface area contributed by atoms with Crippen molar-refractivity contribution in [3.8, 4) is 23.0 Å². The maximum Gasteiger partial charge on any atom is 0.269 e. The lowest BCUT2D eigenvalue weighted by Gasteiger charge is -2.15. The van der Waals surface area contributed by atoms with E-state index in [1.807, 2.05) is 41.5 Å². The van der Waals surface area contributed by atoms with E-state index in [0.717, 1.165) is 0 Å². The predicted octanol–water partition coefficient (Wildman–Crippen LogP) is 8.41. The second-order valence-corrected chi connectivity index (χ2v) is 13.3. The third-order valence-electron chi connectivity index (χ3n) is 6.56. The van der Waals surface area contributed by atoms with Gasteiger partial charge in [-0.25, -0.2) is 4.98 Å². The van der Waals surface area contributed by atoms with Crippen LogP contribution in [0.15, 0.2) is 79.0 Å². The zero-order valence-electron chi connectivity index (χ0n) is 31.0. The Balaban J connectivity index is 0.000000281. The molecule has 0 aliphatic heterocycles. The van der Waals surface area contributed by atoms with Crippen LogP contribution in [0.3, 0.4) is 0 Å². The minimum atomic E-state index is -0.489. The summed E-state index contributed by atoms with van der Waals surface area (Å²) >= 11 is 0. The molecule has 52 heavy (non-hydrogen) atoms. The number of non-ortho nitro benzene ring substituents is 1. The summed E-state index contributed by atoms with van der Waals surface area (Å²) in [6.07, 6.45) is 1.44. The molecule has 13 heteroatoms. The molecule has 0 saturated heterocycles. The molecule has 4 aromatic rings. The van der Waals surface area contributed by atoms with Crippen molar-refractivity contribution in [3.63, 3.8) is 0 Å². The number of nitrogens with one attached hydrogen (secondary N) is 2. The Morgan fingerprint density at radius 2 is 1.15 bits per heavy atom. The highest BCUT2D eigenvalue weighted by Gasteiger charge is 2.15. The van der Waals surface area contributed by atoms with E-state index in [1.54, 1.807) is 48.5 Å². The van der Waals surface area contributed by atoms with Crippen molar-refractivity contribution in [1.82, 2.24) is 4.98 Å². The van der Waals surface area contributed by atoms with Gasteiger partial charge in [-0.2, -0.15) is 0 Å². The van der Waals surface area contributed by atoms with E-state index < -0.39 is 4.92 Å². The first-order chi connectivity index (χ1) is 24.6. The molecule has 2 amide bonds. The molecule has 0 aliphatic rings. The summed E-state index contributed by atoms with van der Waals surface area (Å²) in [5.74, 6) is 2.79. The number of rotatable bonds is 15. The molecule has 0 bridgehead atoms. The van der Waals surface area contributed by atoms with Crippen molar-refractivity contribution in [1.29, 1.82) is 0 Å². The number of pyridine rings is 1. The van der Waals surface area contributed by atoms with Crippen molar-refractivity contribution >= 4 is 34.7 Å². The summed E-state index contributed by atoms with van der Waals surface area (Å²) in [6, 6.07) is 19.2. The average molecular weight is 716 g/mol. The zero-order chi connectivity index (χ0) is 38.4. The highest BCUT2D eigenvalue weighted by atomic mass is 16.6. The Hall–Kier alpha value is -5.85. The van der Waals surface area contributed by atoms with Crippen LogP contribution in [-0.4, -0.2) is 47.1 Å². The number of nitro benzene ring substituents is 1. The summed E-state index contributed by atoms with van der Waals surface area (Å²) < 4.78 is 22.9. The largest absolute Gasteiger partial charge is 0.493 e. The number of nitrogen functional groups attached to an aromatic ring is 1. The minimum Gasteiger partial charge on any atom is -0.493 e. The van der Waals surface area contributed by atoms with Crippen LogP contribution in [0.4, 0.5) is 22.9 Å². The predicted molar refractivity (Wildman–Crippen MR) is 203 cm³/mol. The minimum absolute atomic E-state index is 0.00461. The van der Waals surface area contributed by atoms with Crippen LogP contribution in [0.5, 0.6) is 23.0 Å². The SMILES string of the molecule is CC(C)COc1cc(OC(C)C)cc(C(=O)Nc2ccc(N)cn2)c1.CC(C)COc1cc(OC(C)C)cc(C(=O)Nc2ccc([N+](=O)[O-])cc2)c1. The lowest BCUT2D eigenvalue weighted by atomic mass is 10.1. The van der Waals surface area contributed by atoms with Crippen LogP contribution in [0.25, 0.3) is 0 Å². The van der Waals surface area contributed by atoms with E-state index in [0.29, 0.717) is 76.4 Å². The lowest BCUT2D eigenvalue weighted by molar-refractivity contribution is -0.384. The molecule has 0 spiro atoms. The molecule has 0 atom stereocenters. The fraction of sp³-hybridized carbons (Fsp3) is 0.359. The van der Waals surface area contributed by atoms with Gasteiger partial charge in [-0.1, -0.05) is 27.7 Å². The van der Waals surface area contributed by atoms with E-state index >= 15 is 0 Å². The molecular weight excluding hydrogens is 666 g/mol. The normalized spacial score (nSPS) is 10.8. The van der Waals surface area contributed by atoms with Gasteiger partial charge < -0.3 is 35.3 Å². The van der Waals surface area contributed by atoms with Crippen molar-refractivity contribution in [3.05, 3.63) is 100 Å². The zero-order valence-corrected chi connectivity index (χ0v) is 31.0. The van der Waals surface area contributed by atoms with Gasteiger partial charge in [0.2, 0.25) is 0 Å². The third-order valence-corrected chi connectivity index (χ3v) is 6.56. The third kappa shape index (κ3) is 14.2. The molecule has 0 radical (unpaired) electrons. The maximum atomic E-state index is 12.6. The van der Waals surface area contributed by atoms with E-state index in [9.17, 15) is 19.7 Å². The number of hydrogen-bond donors (Lipinski definition) is 3. The summed E-state index contributed by atoms with van der Waals surface area (Å²) in [6.45, 7) is 17.0. The number of amides is 2. The topological polar surface area (TPSA) is 177 Å². The summed E-state index contributed by atoms with van der Waals surface area (Å²) in [5.41, 5.74) is 7.39. The highest BCUT2D eigenvalue weighted by molar-refractivity contribution is 6.05. The molecule has 13 nitrogen and oxygen atoms in total. The van der Waals surface area contributed by atoms with E-state index in [1.165, 1.54) is 30.5 Å². The first kappa shape index (κ1) is 40.6. The Labute approximate surface area is 305 Å². The number of nitrogens with zero attached hydrogens (tertiary/aromatic N) is 2. The Morgan fingerprint density at radius 1 is 0.692 bits per heavy atom. The van der Waals surface area contributed by atoms with Crippen LogP contribution in [0.2, 0.25) is 0 Å². The Morgan fingerprint density at radius 3 is 1.56 bits per heavy atom. The molecule has 278 valence electrons. The number of hydrogen-bond acceptors (Lipinski definition) is 10. The number of nitro groups is 1. The Kier molecular flexibility index (Phi) is 15.2. The van der Waals surface area contributed by atoms with E-state index in [-0.39, 0.29) is 29.7 Å². The van der Waals surface area contributed by atoms with Crippen LogP contribution < -0.4 is 35.3 Å². The standard InChI is InChI=1S/C20H24N2O5.C19H25N3O3/c1-13(2)12-26-18-9-15(10-19(11-18)27-14(3)4)20(23)21-16-5-7-17(8-6-16)22(24)25;1-12(2)11-24-16-7-14(8-17(9-16)25-13(3)4)19(23)22-18-6-5-15(20)10-21-18/h5-11,13-14H,12H2,1-4H3,(H,21,23);5-10,12-13H,11,20H2,1-4H3,(H,21,22,23). The van der Waals surface area contributed by atoms with Crippen molar-refractivity contribution in [2.75, 3.05) is 29.6 Å². The summed E-state index contributed by atoms with van der Waals surface area (Å²) in [7, 11) is 0. The molecule has 4 N–H and O–H groups in total. The molecule has 4 rings (SSSR count). The molecule has 0 fully saturated rings. The quantitative estimate of drug-likeness (QED) is 0.0800. The molecule has 1 aromatic heterocycles. The molecule has 0 saturated carbocycles. The van der Waals surface area contributed by atoms with Crippen LogP contribution in [-0.2, 0) is 0 Å². The van der Waals surface area contributed by atoms with Crippen molar-refractivity contribution < 1.29 is 33.5 Å². The van der Waals surface area contributed by atoms with Gasteiger partial charge in [0.15, 0.2) is 0 Å². The molecule has 0 unspecified atom stereocenters. The van der Waals surface area contributed by atoms with Crippen molar-refractivity contribution in [2.45, 2.75) is 67.6 Å². The summed E-state index contributed by atoms with van der Waals surface area (Å²) in [5, 5.41) is 16.2. The second kappa shape index (κ2) is 19.5. The van der Waals surface area contributed by atoms with Gasteiger partial charge in [0.05, 0.1) is 42.2 Å². The number of anilines is 3. The van der Waals surface area contributed by atoms with Gasteiger partial charge in [-0.3, -0.25) is 19.7 Å². The molecular formula is C39H49N5O8. The van der Waals surface area contributed by atoms with Gasteiger partial charge in [0, 0.05) is 41.1 Å². The fourth-order valence-electron chi connectivity index (χ4n) is 4.32.